The van der Waals surface area contributed by atoms with Gasteiger partial charge in [-0.25, -0.2) is 0 Å². The first-order valence-electron chi connectivity index (χ1n) is 10.5. The van der Waals surface area contributed by atoms with Gasteiger partial charge in [0.05, 0.1) is 12.0 Å². The molecule has 1 atom stereocenters. The first-order valence-corrected chi connectivity index (χ1v) is 12.3. The lowest BCUT2D eigenvalue weighted by Crippen LogP contribution is -2.33. The summed E-state index contributed by atoms with van der Waals surface area (Å²) in [4.78, 5) is 15.3. The van der Waals surface area contributed by atoms with Gasteiger partial charge in [0.15, 0.2) is 0 Å². The van der Waals surface area contributed by atoms with E-state index in [0.29, 0.717) is 22.2 Å². The van der Waals surface area contributed by atoms with Crippen LogP contribution in [-0.4, -0.2) is 28.4 Å². The van der Waals surface area contributed by atoms with Crippen LogP contribution in [0.1, 0.15) is 90.9 Å². The number of carbonyl (C=O) groups excluding carboxylic acids is 1. The minimum absolute atomic E-state index is 0.193. The van der Waals surface area contributed by atoms with Crippen molar-refractivity contribution in [2.24, 2.45) is 10.5 Å². The van der Waals surface area contributed by atoms with Crippen LogP contribution < -0.4 is 0 Å². The summed E-state index contributed by atoms with van der Waals surface area (Å²) in [5.74, 6) is 0.392. The number of thioether (sulfide) groups is 1. The molecule has 0 aliphatic heterocycles. The molecule has 28 heavy (non-hydrogen) atoms. The Labute approximate surface area is 186 Å². The zero-order valence-electron chi connectivity index (χ0n) is 17.5. The van der Waals surface area contributed by atoms with Gasteiger partial charge in [-0.1, -0.05) is 88.5 Å². The van der Waals surface area contributed by atoms with Crippen LogP contribution in [0.5, 0.6) is 0 Å². The zero-order valence-corrected chi connectivity index (χ0v) is 20.1. The van der Waals surface area contributed by atoms with E-state index in [1.807, 2.05) is 6.92 Å². The van der Waals surface area contributed by atoms with E-state index in [4.69, 9.17) is 22.5 Å². The number of unbranched alkanes of at least 4 members (excludes halogenated alkanes) is 9. The number of nitrogens with zero attached hydrogens (tertiary/aromatic N) is 3. The molecule has 1 unspecified atom stereocenters. The summed E-state index contributed by atoms with van der Waals surface area (Å²) in [6, 6.07) is 0. The van der Waals surface area contributed by atoms with Crippen LogP contribution in [-0.2, 0) is 9.53 Å². The van der Waals surface area contributed by atoms with Crippen molar-refractivity contribution in [3.8, 4) is 0 Å². The molecule has 0 aliphatic carbocycles. The molecular weight excluding hydrogens is 410 g/mol. The fraction of sp³-hybridized carbons (Fsp3) is 0.900. The largest absolute Gasteiger partial charge is 0.465 e. The van der Waals surface area contributed by atoms with Crippen molar-refractivity contribution in [1.29, 1.82) is 0 Å². The number of esters is 1. The van der Waals surface area contributed by atoms with Crippen molar-refractivity contribution >= 4 is 46.1 Å². The van der Waals surface area contributed by atoms with Gasteiger partial charge in [-0.3, -0.25) is 4.79 Å². The van der Waals surface area contributed by atoms with Crippen LogP contribution in [0.3, 0.4) is 0 Å². The fourth-order valence-corrected chi connectivity index (χ4v) is 4.05. The smallest absolute Gasteiger partial charge is 0.312 e. The maximum absolute atomic E-state index is 12.6. The Morgan fingerprint density at radius 2 is 1.68 bits per heavy atom. The third kappa shape index (κ3) is 15.5. The fourth-order valence-electron chi connectivity index (χ4n) is 2.98. The van der Waals surface area contributed by atoms with E-state index in [9.17, 15) is 4.79 Å². The van der Waals surface area contributed by atoms with E-state index in [-0.39, 0.29) is 12.6 Å². The highest BCUT2D eigenvalue weighted by Gasteiger charge is 2.34. The Morgan fingerprint density at radius 1 is 1.11 bits per heavy atom. The third-order valence-electron chi connectivity index (χ3n) is 4.79. The Hall–Kier alpha value is -0.430. The van der Waals surface area contributed by atoms with Crippen LogP contribution in [0.4, 0.5) is 0 Å². The molecule has 0 heterocycles. The van der Waals surface area contributed by atoms with Crippen LogP contribution in [0.25, 0.3) is 10.4 Å². The minimum atomic E-state index is -0.559. The zero-order chi connectivity index (χ0) is 21.1. The Bertz CT molecular complexity index is 485. The van der Waals surface area contributed by atoms with Crippen LogP contribution >= 0.6 is 36.6 Å². The highest BCUT2D eigenvalue weighted by molar-refractivity contribution is 8.41. The highest BCUT2D eigenvalue weighted by Crippen LogP contribution is 2.32. The van der Waals surface area contributed by atoms with Gasteiger partial charge < -0.3 is 4.74 Å². The van der Waals surface area contributed by atoms with Crippen molar-refractivity contribution in [2.75, 3.05) is 18.9 Å². The molecule has 0 saturated heterocycles. The SMILES string of the molecule is CCCCCCCCCCCCC(C)(CSC(=S)S)C(=O)OCCCN=[N+]=[N-]. The molecule has 5 nitrogen and oxygen atoms in total. The number of azide groups is 1. The van der Waals surface area contributed by atoms with Crippen LogP contribution in [0.2, 0.25) is 0 Å². The predicted octanol–water partition coefficient (Wildman–Crippen LogP) is 7.50. The molecule has 0 N–H and O–H groups in total. The number of thiol groups is 1. The molecule has 0 radical (unpaired) electrons. The summed E-state index contributed by atoms with van der Waals surface area (Å²) in [5, 5.41) is 3.45. The number of rotatable bonds is 18. The molecule has 0 bridgehead atoms. The Morgan fingerprint density at radius 3 is 2.21 bits per heavy atom. The van der Waals surface area contributed by atoms with Gasteiger partial charge in [-0.2, -0.15) is 0 Å². The lowest BCUT2D eigenvalue weighted by molar-refractivity contribution is -0.154. The van der Waals surface area contributed by atoms with Gasteiger partial charge >= 0.3 is 5.97 Å². The van der Waals surface area contributed by atoms with Crippen molar-refractivity contribution in [1.82, 2.24) is 0 Å². The molecule has 0 aliphatic rings. The lowest BCUT2D eigenvalue weighted by Gasteiger charge is -2.27. The van der Waals surface area contributed by atoms with Crippen molar-refractivity contribution in [3.63, 3.8) is 0 Å². The van der Waals surface area contributed by atoms with E-state index in [0.717, 1.165) is 19.3 Å². The molecule has 162 valence electrons. The Kier molecular flexibility index (Phi) is 18.3. The molecule has 0 spiro atoms. The molecular formula is C20H37N3O2S3. The van der Waals surface area contributed by atoms with Gasteiger partial charge in [-0.05, 0) is 25.3 Å². The first-order chi connectivity index (χ1) is 13.5. The average Bonchev–Trinajstić information content (AvgIpc) is 2.67. The second-order valence-electron chi connectivity index (χ2n) is 7.49. The van der Waals surface area contributed by atoms with E-state index in [1.165, 1.54) is 63.1 Å². The normalized spacial score (nSPS) is 12.8. The number of ether oxygens (including phenoxy) is 1. The molecule has 0 rings (SSSR count). The number of hydrogen-bond acceptors (Lipinski definition) is 5. The van der Waals surface area contributed by atoms with Crippen LogP contribution in [0, 0.1) is 5.41 Å². The molecule has 0 aromatic heterocycles. The van der Waals surface area contributed by atoms with E-state index < -0.39 is 5.41 Å². The molecule has 0 fully saturated rings. The number of hydrogen-bond donors (Lipinski definition) is 1. The molecule has 0 amide bonds. The molecule has 8 heteroatoms. The number of thiocarbonyl (C=S) groups is 1. The van der Waals surface area contributed by atoms with E-state index >= 15 is 0 Å². The van der Waals surface area contributed by atoms with Gasteiger partial charge in [0.25, 0.3) is 0 Å². The summed E-state index contributed by atoms with van der Waals surface area (Å²) in [7, 11) is 0. The monoisotopic (exact) mass is 447 g/mol. The average molecular weight is 448 g/mol. The molecule has 0 saturated carbocycles. The second-order valence-corrected chi connectivity index (χ2v) is 10.2. The third-order valence-corrected chi connectivity index (χ3v) is 6.56. The first kappa shape index (κ1) is 27.6. The second kappa shape index (κ2) is 18.6. The van der Waals surface area contributed by atoms with Gasteiger partial charge in [0, 0.05) is 17.2 Å². The summed E-state index contributed by atoms with van der Waals surface area (Å²) in [5.41, 5.74) is 7.72. The van der Waals surface area contributed by atoms with Crippen molar-refractivity contribution in [2.45, 2.75) is 90.9 Å². The van der Waals surface area contributed by atoms with Crippen molar-refractivity contribution in [3.05, 3.63) is 10.4 Å². The maximum Gasteiger partial charge on any atom is 0.312 e. The summed E-state index contributed by atoms with van der Waals surface area (Å²) in [6.45, 7) is 4.82. The summed E-state index contributed by atoms with van der Waals surface area (Å²) in [6.07, 6.45) is 14.0. The standard InChI is InChI=1S/C20H37N3O2S3/c1-3-4-5-6-7-8-9-10-11-12-14-20(2,17-28-19(26)27)18(24)25-16-13-15-22-23-21/h3-17H2,1-2H3,(H,26,27). The van der Waals surface area contributed by atoms with E-state index in [1.54, 1.807) is 0 Å². The molecule has 0 aromatic rings. The highest BCUT2D eigenvalue weighted by atomic mass is 32.2. The van der Waals surface area contributed by atoms with Gasteiger partial charge in [0.1, 0.15) is 3.53 Å². The topological polar surface area (TPSA) is 75.1 Å². The minimum Gasteiger partial charge on any atom is -0.465 e. The van der Waals surface area contributed by atoms with E-state index in [2.05, 4.69) is 29.6 Å². The Balaban J connectivity index is 4.15. The quantitative estimate of drug-likeness (QED) is 0.0449. The predicted molar refractivity (Wildman–Crippen MR) is 128 cm³/mol. The molecule has 0 aromatic carbocycles. The van der Waals surface area contributed by atoms with Gasteiger partial charge in [0.2, 0.25) is 0 Å². The summed E-state index contributed by atoms with van der Waals surface area (Å²) >= 11 is 10.6. The summed E-state index contributed by atoms with van der Waals surface area (Å²) < 4.78 is 5.97. The maximum atomic E-state index is 12.6. The number of carbonyl (C=O) groups is 1. The van der Waals surface area contributed by atoms with Gasteiger partial charge in [-0.15, -0.1) is 24.4 Å². The van der Waals surface area contributed by atoms with Crippen LogP contribution in [0.15, 0.2) is 5.11 Å². The lowest BCUT2D eigenvalue weighted by atomic mass is 9.86. The van der Waals surface area contributed by atoms with Crippen molar-refractivity contribution < 1.29 is 9.53 Å².